The van der Waals surface area contributed by atoms with E-state index < -0.39 is 5.97 Å². The maximum Gasteiger partial charge on any atom is 0.341 e. The monoisotopic (exact) mass is 340 g/mol. The van der Waals surface area contributed by atoms with E-state index in [-0.39, 0.29) is 17.8 Å². The predicted octanol–water partition coefficient (Wildman–Crippen LogP) is 4.26. The fourth-order valence-corrected chi connectivity index (χ4v) is 2.46. The summed E-state index contributed by atoms with van der Waals surface area (Å²) < 4.78 is 5.09. The summed E-state index contributed by atoms with van der Waals surface area (Å²) in [7, 11) is 0. The van der Waals surface area contributed by atoms with Crippen LogP contribution < -0.4 is 4.74 Å². The Morgan fingerprint density at radius 1 is 0.960 bits per heavy atom. The van der Waals surface area contributed by atoms with E-state index >= 15 is 0 Å². The lowest BCUT2D eigenvalue weighted by atomic mass is 9.86. The van der Waals surface area contributed by atoms with Crippen LogP contribution in [0.2, 0.25) is 0 Å². The second kappa shape index (κ2) is 7.97. The average Bonchev–Trinajstić information content (AvgIpc) is 2.58. The molecule has 0 saturated carbocycles. The molecule has 0 spiro atoms. The number of hydrogen-bond donors (Lipinski definition) is 1. The number of ketones is 1. The molecular weight excluding hydrogens is 316 g/mol. The summed E-state index contributed by atoms with van der Waals surface area (Å²) in [6, 6.07) is 15.0. The molecule has 0 heterocycles. The number of carbonyl (C=O) groups is 2. The predicted molar refractivity (Wildman–Crippen MR) is 97.4 cm³/mol. The van der Waals surface area contributed by atoms with Gasteiger partial charge in [-0.1, -0.05) is 57.2 Å². The minimum atomic E-state index is -1.01. The molecule has 25 heavy (non-hydrogen) atoms. The van der Waals surface area contributed by atoms with Crippen LogP contribution in [0.4, 0.5) is 0 Å². The molecule has 2 rings (SSSR count). The second-order valence-electron chi connectivity index (χ2n) is 7.08. The van der Waals surface area contributed by atoms with E-state index in [4.69, 9.17) is 9.84 Å². The first-order valence-corrected chi connectivity index (χ1v) is 8.33. The average molecular weight is 340 g/mol. The summed E-state index contributed by atoms with van der Waals surface area (Å²) in [4.78, 5) is 22.8. The molecule has 0 aliphatic rings. The minimum Gasteiger partial charge on any atom is -0.482 e. The van der Waals surface area contributed by atoms with E-state index in [0.717, 1.165) is 11.1 Å². The van der Waals surface area contributed by atoms with E-state index in [0.29, 0.717) is 18.6 Å². The Bertz CT molecular complexity index is 722. The molecule has 0 aliphatic carbocycles. The molecule has 132 valence electrons. The van der Waals surface area contributed by atoms with Crippen LogP contribution in [0.5, 0.6) is 5.75 Å². The highest BCUT2D eigenvalue weighted by molar-refractivity contribution is 5.96. The molecule has 4 heteroatoms. The second-order valence-corrected chi connectivity index (χ2v) is 7.08. The summed E-state index contributed by atoms with van der Waals surface area (Å²) in [6.45, 7) is 6.08. The Balaban J connectivity index is 1.90. The van der Waals surface area contributed by atoms with Gasteiger partial charge in [0.2, 0.25) is 0 Å². The van der Waals surface area contributed by atoms with Gasteiger partial charge in [-0.05, 0) is 35.1 Å². The lowest BCUT2D eigenvalue weighted by molar-refractivity contribution is -0.139. The van der Waals surface area contributed by atoms with Gasteiger partial charge in [-0.3, -0.25) is 4.79 Å². The van der Waals surface area contributed by atoms with Crippen LogP contribution in [-0.2, 0) is 16.6 Å². The fourth-order valence-electron chi connectivity index (χ4n) is 2.46. The fraction of sp³-hybridized carbons (Fsp3) is 0.333. The quantitative estimate of drug-likeness (QED) is 0.765. The van der Waals surface area contributed by atoms with Gasteiger partial charge in [0.05, 0.1) is 0 Å². The Labute approximate surface area is 148 Å². The van der Waals surface area contributed by atoms with Crippen molar-refractivity contribution in [3.05, 3.63) is 65.2 Å². The highest BCUT2D eigenvalue weighted by atomic mass is 16.5. The lowest BCUT2D eigenvalue weighted by Gasteiger charge is -2.19. The van der Waals surface area contributed by atoms with Crippen molar-refractivity contribution in [3.8, 4) is 5.75 Å². The van der Waals surface area contributed by atoms with Gasteiger partial charge in [0.25, 0.3) is 0 Å². The van der Waals surface area contributed by atoms with Gasteiger partial charge < -0.3 is 9.84 Å². The van der Waals surface area contributed by atoms with Gasteiger partial charge >= 0.3 is 5.97 Å². The number of hydrogen-bond acceptors (Lipinski definition) is 3. The summed E-state index contributed by atoms with van der Waals surface area (Å²) >= 11 is 0. The van der Waals surface area contributed by atoms with Crippen LogP contribution in [0.15, 0.2) is 48.5 Å². The van der Waals surface area contributed by atoms with Gasteiger partial charge in [-0.25, -0.2) is 4.79 Å². The maximum absolute atomic E-state index is 12.3. The number of carboxylic acids is 1. The first-order valence-electron chi connectivity index (χ1n) is 8.33. The molecule has 0 unspecified atom stereocenters. The summed E-state index contributed by atoms with van der Waals surface area (Å²) in [5, 5.41) is 8.58. The van der Waals surface area contributed by atoms with Gasteiger partial charge in [0, 0.05) is 12.0 Å². The molecule has 0 fully saturated rings. The maximum atomic E-state index is 12.3. The molecule has 2 aromatic rings. The van der Waals surface area contributed by atoms with Gasteiger partial charge in [-0.2, -0.15) is 0 Å². The van der Waals surface area contributed by atoms with E-state index in [2.05, 4.69) is 20.8 Å². The summed E-state index contributed by atoms with van der Waals surface area (Å²) in [6.07, 6.45) is 1.07. The van der Waals surface area contributed by atoms with Crippen LogP contribution in [0.3, 0.4) is 0 Å². The SMILES string of the molecule is CC(C)(C)c1ccc(C(=O)CCc2ccc(OCC(=O)O)cc2)cc1. The van der Waals surface area contributed by atoms with E-state index in [1.165, 1.54) is 5.56 Å². The first-order chi connectivity index (χ1) is 11.8. The van der Waals surface area contributed by atoms with Gasteiger partial charge in [0.15, 0.2) is 12.4 Å². The van der Waals surface area contributed by atoms with Crippen molar-refractivity contribution in [2.24, 2.45) is 0 Å². The number of benzene rings is 2. The highest BCUT2D eigenvalue weighted by Crippen LogP contribution is 2.22. The number of rotatable bonds is 7. The smallest absolute Gasteiger partial charge is 0.341 e. The molecule has 0 bridgehead atoms. The van der Waals surface area contributed by atoms with Crippen LogP contribution in [-0.4, -0.2) is 23.5 Å². The molecule has 0 aromatic heterocycles. The van der Waals surface area contributed by atoms with Crippen molar-refractivity contribution in [1.82, 2.24) is 0 Å². The number of carboxylic acid groups (broad SMARTS) is 1. The third-order valence-corrected chi connectivity index (χ3v) is 4.00. The van der Waals surface area contributed by atoms with Crippen LogP contribution >= 0.6 is 0 Å². The zero-order chi connectivity index (χ0) is 18.4. The van der Waals surface area contributed by atoms with Crippen LogP contribution in [0.25, 0.3) is 0 Å². The Morgan fingerprint density at radius 2 is 1.56 bits per heavy atom. The standard InChI is InChI=1S/C21H24O4/c1-21(2,3)17-9-7-16(8-10-17)19(22)13-6-15-4-11-18(12-5-15)25-14-20(23)24/h4-5,7-12H,6,13-14H2,1-3H3,(H,23,24). The molecular formula is C21H24O4. The van der Waals surface area contributed by atoms with E-state index in [9.17, 15) is 9.59 Å². The highest BCUT2D eigenvalue weighted by Gasteiger charge is 2.14. The third-order valence-electron chi connectivity index (χ3n) is 4.00. The molecule has 0 radical (unpaired) electrons. The zero-order valence-corrected chi connectivity index (χ0v) is 14.9. The van der Waals surface area contributed by atoms with Crippen LogP contribution in [0, 0.1) is 0 Å². The molecule has 2 aromatic carbocycles. The molecule has 0 amide bonds. The summed E-state index contributed by atoms with van der Waals surface area (Å²) in [5.41, 5.74) is 3.03. The molecule has 0 aliphatic heterocycles. The normalized spacial score (nSPS) is 11.2. The van der Waals surface area contributed by atoms with Crippen molar-refractivity contribution >= 4 is 11.8 Å². The topological polar surface area (TPSA) is 63.6 Å². The van der Waals surface area contributed by atoms with E-state index in [1.807, 2.05) is 36.4 Å². The first kappa shape index (κ1) is 18.7. The third kappa shape index (κ3) is 5.75. The van der Waals surface area contributed by atoms with Crippen molar-refractivity contribution in [2.45, 2.75) is 39.0 Å². The lowest BCUT2D eigenvalue weighted by Crippen LogP contribution is -2.11. The van der Waals surface area contributed by atoms with Crippen LogP contribution in [0.1, 0.15) is 48.7 Å². The number of carbonyl (C=O) groups excluding carboxylic acids is 1. The number of aliphatic carboxylic acids is 1. The summed E-state index contributed by atoms with van der Waals surface area (Å²) in [5.74, 6) is -0.380. The van der Waals surface area contributed by atoms with Gasteiger partial charge in [-0.15, -0.1) is 0 Å². The number of aryl methyl sites for hydroxylation is 1. The number of ether oxygens (including phenoxy) is 1. The molecule has 0 saturated heterocycles. The zero-order valence-electron chi connectivity index (χ0n) is 14.9. The Morgan fingerprint density at radius 3 is 2.08 bits per heavy atom. The molecule has 0 atom stereocenters. The molecule has 1 N–H and O–H groups in total. The Hall–Kier alpha value is -2.62. The minimum absolute atomic E-state index is 0.0754. The van der Waals surface area contributed by atoms with E-state index in [1.54, 1.807) is 12.1 Å². The van der Waals surface area contributed by atoms with Crippen molar-refractivity contribution in [3.63, 3.8) is 0 Å². The van der Waals surface area contributed by atoms with Crippen molar-refractivity contribution in [1.29, 1.82) is 0 Å². The molecule has 4 nitrogen and oxygen atoms in total. The van der Waals surface area contributed by atoms with Crippen molar-refractivity contribution in [2.75, 3.05) is 6.61 Å². The Kier molecular flexibility index (Phi) is 5.97. The number of Topliss-reactive ketones (excluding diaryl/α,β-unsaturated/α-hetero) is 1. The van der Waals surface area contributed by atoms with Crippen molar-refractivity contribution < 1.29 is 19.4 Å². The van der Waals surface area contributed by atoms with Gasteiger partial charge in [0.1, 0.15) is 5.75 Å². The largest absolute Gasteiger partial charge is 0.482 e.